The zero-order valence-electron chi connectivity index (χ0n) is 21.6. The minimum atomic E-state index is -0.430. The van der Waals surface area contributed by atoms with Crippen molar-refractivity contribution in [1.82, 2.24) is 14.9 Å². The summed E-state index contributed by atoms with van der Waals surface area (Å²) in [5.41, 5.74) is 2.31. The summed E-state index contributed by atoms with van der Waals surface area (Å²) >= 11 is 6.59. The number of pyridine rings is 2. The number of hydrogen-bond acceptors (Lipinski definition) is 5. The molecule has 7 heteroatoms. The molecular weight excluding hydrogens is 499 g/mol. The number of piperidine rings is 1. The average molecular weight is 531 g/mol. The molecule has 3 aliphatic rings. The van der Waals surface area contributed by atoms with Crippen LogP contribution in [0.3, 0.4) is 0 Å². The number of hydrogen-bond donors (Lipinski definition) is 0. The van der Waals surface area contributed by atoms with Gasteiger partial charge in [-0.05, 0) is 69.5 Å². The highest BCUT2D eigenvalue weighted by Crippen LogP contribution is 2.41. The van der Waals surface area contributed by atoms with Crippen LogP contribution in [0.1, 0.15) is 44.9 Å². The Morgan fingerprint density at radius 2 is 1.71 bits per heavy atom. The van der Waals surface area contributed by atoms with Crippen molar-refractivity contribution in [2.45, 2.75) is 50.5 Å². The molecule has 0 unspecified atom stereocenters. The van der Waals surface area contributed by atoms with Gasteiger partial charge in [0.25, 0.3) is 0 Å². The molecule has 7 rings (SSSR count). The molecule has 0 amide bonds. The van der Waals surface area contributed by atoms with Crippen LogP contribution in [-0.2, 0) is 0 Å². The Kier molecular flexibility index (Phi) is 6.12. The van der Waals surface area contributed by atoms with E-state index in [2.05, 4.69) is 14.8 Å². The molecule has 0 radical (unpaired) electrons. The Bertz CT molecular complexity index is 1500. The van der Waals surface area contributed by atoms with Gasteiger partial charge in [0.1, 0.15) is 17.8 Å². The fourth-order valence-corrected chi connectivity index (χ4v) is 7.21. The number of aromatic nitrogens is 2. The number of halogens is 2. The van der Waals surface area contributed by atoms with Crippen LogP contribution < -0.4 is 9.64 Å². The summed E-state index contributed by atoms with van der Waals surface area (Å²) in [6, 6.07) is 13.5. The second kappa shape index (κ2) is 9.65. The van der Waals surface area contributed by atoms with Crippen molar-refractivity contribution in [2.24, 2.45) is 0 Å². The summed E-state index contributed by atoms with van der Waals surface area (Å²) in [6.07, 6.45) is 9.99. The fraction of sp³-hybridized carbons (Fsp3) is 0.419. The van der Waals surface area contributed by atoms with Gasteiger partial charge in [-0.3, -0.25) is 9.88 Å². The van der Waals surface area contributed by atoms with Crippen molar-refractivity contribution in [1.29, 1.82) is 0 Å². The molecule has 4 aromatic rings. The molecular formula is C31H32ClFN4O. The lowest BCUT2D eigenvalue weighted by atomic mass is 9.95. The fourth-order valence-electron chi connectivity index (χ4n) is 6.93. The molecule has 0 saturated carbocycles. The summed E-state index contributed by atoms with van der Waals surface area (Å²) in [5, 5.41) is 3.06. The van der Waals surface area contributed by atoms with E-state index in [1.54, 1.807) is 6.20 Å². The molecule has 196 valence electrons. The second-order valence-corrected chi connectivity index (χ2v) is 11.5. The lowest BCUT2D eigenvalue weighted by Crippen LogP contribution is -2.43. The quantitative estimate of drug-likeness (QED) is 0.272. The van der Waals surface area contributed by atoms with E-state index in [9.17, 15) is 0 Å². The van der Waals surface area contributed by atoms with Crippen LogP contribution in [0.5, 0.6) is 5.88 Å². The molecule has 38 heavy (non-hydrogen) atoms. The van der Waals surface area contributed by atoms with E-state index in [0.717, 1.165) is 73.7 Å². The topological polar surface area (TPSA) is 41.5 Å². The van der Waals surface area contributed by atoms with Crippen LogP contribution in [0.4, 0.5) is 10.1 Å². The smallest absolute Gasteiger partial charge is 0.216 e. The predicted octanol–water partition coefficient (Wildman–Crippen LogP) is 7.24. The predicted molar refractivity (Wildman–Crippen MR) is 152 cm³/mol. The Labute approximate surface area is 227 Å². The first kappa shape index (κ1) is 24.1. The maximum absolute atomic E-state index is 16.4. The molecule has 0 spiro atoms. The first-order valence-corrected chi connectivity index (χ1v) is 14.3. The standard InChI is InChI=1S/C31H32ClFN4O/c32-24-11-5-9-21-8-4-10-22(27(21)24)29-28(33)30-23(19-34-29)25(36-14-2-1-3-15-36)18-26(35-30)38-20-31-12-6-16-37(31)17-7-13-31/h4-5,8-11,18-19H,1-3,6-7,12-17,20H2. The summed E-state index contributed by atoms with van der Waals surface area (Å²) in [5.74, 6) is 0.0679. The van der Waals surface area contributed by atoms with Crippen LogP contribution in [0.25, 0.3) is 32.9 Å². The van der Waals surface area contributed by atoms with E-state index >= 15 is 4.39 Å². The molecule has 5 heterocycles. The first-order chi connectivity index (χ1) is 18.6. The van der Waals surface area contributed by atoms with E-state index < -0.39 is 5.82 Å². The summed E-state index contributed by atoms with van der Waals surface area (Å²) in [4.78, 5) is 14.3. The van der Waals surface area contributed by atoms with Crippen molar-refractivity contribution >= 4 is 39.0 Å². The third kappa shape index (κ3) is 4.00. The molecule has 0 N–H and O–H groups in total. The van der Waals surface area contributed by atoms with Crippen LogP contribution >= 0.6 is 11.6 Å². The molecule has 0 atom stereocenters. The summed E-state index contributed by atoms with van der Waals surface area (Å²) in [6.45, 7) is 4.77. The number of rotatable bonds is 5. The Balaban J connectivity index is 1.35. The van der Waals surface area contributed by atoms with Gasteiger partial charge < -0.3 is 9.64 Å². The molecule has 5 nitrogen and oxygen atoms in total. The van der Waals surface area contributed by atoms with Gasteiger partial charge in [-0.1, -0.05) is 41.9 Å². The largest absolute Gasteiger partial charge is 0.476 e. The van der Waals surface area contributed by atoms with Gasteiger partial charge in [-0.2, -0.15) is 0 Å². The molecule has 3 aliphatic heterocycles. The molecule has 0 aliphatic carbocycles. The molecule has 2 aromatic heterocycles. The first-order valence-electron chi connectivity index (χ1n) is 13.9. The van der Waals surface area contributed by atoms with Gasteiger partial charge >= 0.3 is 0 Å². The lowest BCUT2D eigenvalue weighted by molar-refractivity contribution is 0.111. The highest BCUT2D eigenvalue weighted by Gasteiger charge is 2.45. The van der Waals surface area contributed by atoms with Crippen molar-refractivity contribution in [3.8, 4) is 17.1 Å². The minimum absolute atomic E-state index is 0.101. The SMILES string of the molecule is Fc1c(-c2cccc3cccc(Cl)c23)ncc2c(N3CCCCC3)cc(OCC34CCCN3CCC4)nc12. The number of nitrogens with zero attached hydrogens (tertiary/aromatic N) is 4. The Morgan fingerprint density at radius 1 is 0.947 bits per heavy atom. The molecule has 3 saturated heterocycles. The van der Waals surface area contributed by atoms with Gasteiger partial charge in [-0.25, -0.2) is 9.37 Å². The zero-order valence-corrected chi connectivity index (χ0v) is 22.3. The van der Waals surface area contributed by atoms with Gasteiger partial charge in [0, 0.05) is 46.7 Å². The summed E-state index contributed by atoms with van der Waals surface area (Å²) < 4.78 is 22.9. The zero-order chi connectivity index (χ0) is 25.7. The van der Waals surface area contributed by atoms with Gasteiger partial charge in [0.2, 0.25) is 5.88 Å². The monoisotopic (exact) mass is 530 g/mol. The third-order valence-corrected chi connectivity index (χ3v) is 9.17. The summed E-state index contributed by atoms with van der Waals surface area (Å²) in [7, 11) is 0. The van der Waals surface area contributed by atoms with Gasteiger partial charge in [0.05, 0.1) is 11.2 Å². The van der Waals surface area contributed by atoms with E-state index in [-0.39, 0.29) is 11.2 Å². The maximum atomic E-state index is 16.4. The minimum Gasteiger partial charge on any atom is -0.476 e. The lowest BCUT2D eigenvalue weighted by Gasteiger charge is -2.32. The van der Waals surface area contributed by atoms with Crippen LogP contribution in [0, 0.1) is 5.82 Å². The van der Waals surface area contributed by atoms with Gasteiger partial charge in [0.15, 0.2) is 5.82 Å². The molecule has 3 fully saturated rings. The molecule has 0 bridgehead atoms. The van der Waals surface area contributed by atoms with Crippen molar-refractivity contribution in [2.75, 3.05) is 37.7 Å². The van der Waals surface area contributed by atoms with Crippen LogP contribution in [-0.4, -0.2) is 53.2 Å². The number of ether oxygens (including phenoxy) is 1. The highest BCUT2D eigenvalue weighted by molar-refractivity contribution is 6.36. The van der Waals surface area contributed by atoms with E-state index in [4.69, 9.17) is 21.3 Å². The second-order valence-electron chi connectivity index (χ2n) is 11.1. The van der Waals surface area contributed by atoms with Crippen molar-refractivity contribution < 1.29 is 9.13 Å². The third-order valence-electron chi connectivity index (χ3n) is 8.86. The van der Waals surface area contributed by atoms with E-state index in [1.807, 2.05) is 42.5 Å². The number of fused-ring (bicyclic) bond motifs is 3. The maximum Gasteiger partial charge on any atom is 0.216 e. The Hall–Kier alpha value is -2.96. The van der Waals surface area contributed by atoms with E-state index in [1.165, 1.54) is 19.3 Å². The van der Waals surface area contributed by atoms with Crippen molar-refractivity contribution in [3.63, 3.8) is 0 Å². The Morgan fingerprint density at radius 3 is 2.50 bits per heavy atom. The normalized spacial score (nSPS) is 19.4. The number of anilines is 1. The van der Waals surface area contributed by atoms with Crippen LogP contribution in [0.2, 0.25) is 5.02 Å². The van der Waals surface area contributed by atoms with Crippen molar-refractivity contribution in [3.05, 3.63) is 59.5 Å². The molecule has 2 aromatic carbocycles. The number of benzene rings is 2. The average Bonchev–Trinajstić information content (AvgIpc) is 3.53. The van der Waals surface area contributed by atoms with Gasteiger partial charge in [-0.15, -0.1) is 0 Å². The highest BCUT2D eigenvalue weighted by atomic mass is 35.5. The van der Waals surface area contributed by atoms with Crippen LogP contribution in [0.15, 0.2) is 48.7 Å². The van der Waals surface area contributed by atoms with E-state index in [0.29, 0.717) is 28.6 Å².